The third-order valence-electron chi connectivity index (χ3n) is 8.20. The van der Waals surface area contributed by atoms with E-state index in [2.05, 4.69) is 81.6 Å². The topological polar surface area (TPSA) is 60.4 Å². The van der Waals surface area contributed by atoms with Crippen molar-refractivity contribution in [1.29, 1.82) is 0 Å². The van der Waals surface area contributed by atoms with Gasteiger partial charge in [0.2, 0.25) is 0 Å². The maximum Gasteiger partial charge on any atom is 0.278 e. The first-order chi connectivity index (χ1) is 17.4. The zero-order valence-electron chi connectivity index (χ0n) is 20.4. The highest BCUT2D eigenvalue weighted by Gasteiger charge is 2.65. The van der Waals surface area contributed by atoms with Crippen molar-refractivity contribution in [2.45, 2.75) is 47.8 Å². The summed E-state index contributed by atoms with van der Waals surface area (Å²) in [5.41, 5.74) is -1.26. The van der Waals surface area contributed by atoms with Crippen LogP contribution in [0, 0.1) is 27.5 Å². The van der Waals surface area contributed by atoms with Crippen molar-refractivity contribution in [2.24, 2.45) is 16.7 Å². The van der Waals surface area contributed by atoms with Crippen molar-refractivity contribution < 1.29 is 16.8 Å². The van der Waals surface area contributed by atoms with Crippen LogP contribution >= 0.6 is 78.1 Å². The van der Waals surface area contributed by atoms with E-state index in [4.69, 9.17) is 3.63 Å². The Kier molecular flexibility index (Phi) is 7.89. The Bertz CT molecular complexity index is 1330. The molecule has 2 aliphatic carbocycles. The molecule has 3 aromatic carbocycles. The van der Waals surface area contributed by atoms with Crippen molar-refractivity contribution in [3.63, 3.8) is 0 Å². The van der Waals surface area contributed by atoms with E-state index in [9.17, 15) is 13.2 Å². The van der Waals surface area contributed by atoms with Gasteiger partial charge in [-0.25, -0.2) is 3.63 Å². The average Bonchev–Trinajstić information content (AvgIpc) is 3.18. The Morgan fingerprint density at radius 1 is 0.784 bits per heavy atom. The van der Waals surface area contributed by atoms with Gasteiger partial charge in [-0.05, 0) is 175 Å². The number of fused-ring (bicyclic) bond motifs is 2. The molecule has 2 atom stereocenters. The van der Waals surface area contributed by atoms with Crippen molar-refractivity contribution in [3.8, 4) is 0 Å². The van der Waals surface area contributed by atoms with Crippen LogP contribution in [0.2, 0.25) is 0 Å². The predicted octanol–water partition coefficient (Wildman–Crippen LogP) is 8.44. The molecule has 0 heterocycles. The molecule has 0 radical (unpaired) electrons. The van der Waals surface area contributed by atoms with Gasteiger partial charge in [0, 0.05) is 31.8 Å². The van der Waals surface area contributed by atoms with Crippen molar-refractivity contribution in [1.82, 2.24) is 0 Å². The smallest absolute Gasteiger partial charge is 0.278 e. The number of hydrogen-bond donors (Lipinski definition) is 0. The number of rotatable bonds is 7. The molecule has 2 saturated carbocycles. The second kappa shape index (κ2) is 10.3. The van der Waals surface area contributed by atoms with Gasteiger partial charge >= 0.3 is 0 Å². The number of hydrogen-bond acceptors (Lipinski definition) is 4. The van der Waals surface area contributed by atoms with Gasteiger partial charge < -0.3 is 0 Å². The highest BCUT2D eigenvalue weighted by molar-refractivity contribution is 14.1. The molecule has 0 aromatic heterocycles. The van der Waals surface area contributed by atoms with Crippen molar-refractivity contribution in [2.75, 3.05) is 5.75 Å². The lowest BCUT2D eigenvalue weighted by Crippen LogP contribution is -2.42. The van der Waals surface area contributed by atoms with Crippen LogP contribution in [0.5, 0.6) is 0 Å². The summed E-state index contributed by atoms with van der Waals surface area (Å²) in [5, 5.41) is 0. The lowest BCUT2D eigenvalue weighted by molar-refractivity contribution is -0.128. The van der Waals surface area contributed by atoms with Gasteiger partial charge in [0.05, 0.1) is 11.2 Å². The fraction of sp³-hybridized carbons (Fsp3) is 0.321. The molecule has 2 unspecified atom stereocenters. The molecule has 9 heteroatoms. The maximum atomic E-state index is 14.2. The lowest BCUT2D eigenvalue weighted by Gasteiger charge is -2.41. The quantitative estimate of drug-likeness (QED) is 0.224. The summed E-state index contributed by atoms with van der Waals surface area (Å²) >= 11 is 6.76. The third kappa shape index (κ3) is 4.95. The molecule has 3 aromatic rings. The Labute approximate surface area is 261 Å². The lowest BCUT2D eigenvalue weighted by atomic mass is 9.70. The maximum absolute atomic E-state index is 14.2. The Morgan fingerprint density at radius 2 is 1.19 bits per heavy atom. The SMILES string of the molecule is CC1(C)C2CCC1(CS(=O)(=O)OS(c1ccc(I)cc1)(c1ccc(I)cc1)c1ccc(I)cc1)C(=O)C2. The molecule has 4 nitrogen and oxygen atoms in total. The molecule has 0 aliphatic heterocycles. The van der Waals surface area contributed by atoms with Gasteiger partial charge in [-0.2, -0.15) is 8.42 Å². The van der Waals surface area contributed by atoms with Crippen molar-refractivity contribution >= 4 is 94.0 Å². The fourth-order valence-electron chi connectivity index (χ4n) is 5.99. The van der Waals surface area contributed by atoms with E-state index in [1.165, 1.54) is 0 Å². The molecular weight excluding hydrogens is 845 g/mol. The molecular formula is C28H27I3O4S2. The predicted molar refractivity (Wildman–Crippen MR) is 173 cm³/mol. The molecule has 0 saturated heterocycles. The number of ketones is 1. The molecule has 2 fully saturated rings. The van der Waals surface area contributed by atoms with E-state index in [1.54, 1.807) is 0 Å². The van der Waals surface area contributed by atoms with Crippen molar-refractivity contribution in [3.05, 3.63) is 83.5 Å². The number of halogens is 3. The molecule has 0 N–H and O–H groups in total. The van der Waals surface area contributed by atoms with Crippen LogP contribution in [0.25, 0.3) is 0 Å². The summed E-state index contributed by atoms with van der Waals surface area (Å²) < 4.78 is 38.1. The van der Waals surface area contributed by atoms with E-state index in [0.29, 0.717) is 12.8 Å². The van der Waals surface area contributed by atoms with Crippen LogP contribution in [-0.2, 0) is 18.5 Å². The van der Waals surface area contributed by atoms with Gasteiger partial charge in [0.25, 0.3) is 10.1 Å². The summed E-state index contributed by atoms with van der Waals surface area (Å²) in [6.45, 7) is 4.12. The fourth-order valence-corrected chi connectivity index (χ4v) is 13.1. The highest BCUT2D eigenvalue weighted by atomic mass is 127. The minimum absolute atomic E-state index is 0.0688. The van der Waals surface area contributed by atoms with E-state index >= 15 is 0 Å². The molecule has 0 spiro atoms. The molecule has 2 bridgehead atoms. The van der Waals surface area contributed by atoms with Crippen LogP contribution in [0.4, 0.5) is 0 Å². The zero-order chi connectivity index (χ0) is 26.6. The first-order valence-electron chi connectivity index (χ1n) is 12.0. The second-order valence-corrected chi connectivity index (χ2v) is 18.6. The highest BCUT2D eigenvalue weighted by Crippen LogP contribution is 2.71. The second-order valence-electron chi connectivity index (χ2n) is 10.4. The van der Waals surface area contributed by atoms with E-state index in [0.717, 1.165) is 31.8 Å². The molecule has 37 heavy (non-hydrogen) atoms. The normalized spacial score (nSPS) is 23.4. The standard InChI is InChI=1S/C28H27I3O4S2/c1-27(2)19-15-16-28(27,26(32)17-19)18-36(33,34)35-37(23-9-3-20(29)4-10-23,24-11-5-21(30)6-12-24)25-13-7-22(31)8-14-25/h3-14,19H,15-18H2,1-2H3. The number of benzene rings is 3. The zero-order valence-corrected chi connectivity index (χ0v) is 28.5. The third-order valence-corrected chi connectivity index (χ3v) is 15.7. The van der Waals surface area contributed by atoms with E-state index < -0.39 is 25.8 Å². The van der Waals surface area contributed by atoms with Crippen LogP contribution in [0.1, 0.15) is 33.1 Å². The van der Waals surface area contributed by atoms with Gasteiger partial charge in [-0.1, -0.05) is 13.8 Å². The van der Waals surface area contributed by atoms with Crippen LogP contribution in [-0.4, -0.2) is 20.0 Å². The Hall–Kier alpha value is -0.220. The molecule has 5 rings (SSSR count). The Morgan fingerprint density at radius 3 is 1.51 bits per heavy atom. The summed E-state index contributed by atoms with van der Waals surface area (Å²) in [7, 11) is -6.80. The van der Waals surface area contributed by atoms with Gasteiger partial charge in [-0.15, -0.1) is 0 Å². The van der Waals surface area contributed by atoms with Gasteiger partial charge in [-0.3, -0.25) is 4.79 Å². The van der Waals surface area contributed by atoms with Gasteiger partial charge in [0.1, 0.15) is 5.78 Å². The number of Topliss-reactive ketones (excluding diaryl/α,β-unsaturated/α-hetero) is 1. The monoisotopic (exact) mass is 872 g/mol. The summed E-state index contributed by atoms with van der Waals surface area (Å²) in [5.74, 6) is 0.0196. The van der Waals surface area contributed by atoms with Crippen LogP contribution in [0.15, 0.2) is 87.5 Å². The Balaban J connectivity index is 1.70. The summed E-state index contributed by atoms with van der Waals surface area (Å²) in [6, 6.07) is 23.7. The summed E-state index contributed by atoms with van der Waals surface area (Å²) in [4.78, 5) is 15.6. The molecule has 2 aliphatic rings. The summed E-state index contributed by atoms with van der Waals surface area (Å²) in [6.07, 6.45) is 1.95. The minimum Gasteiger partial charge on any atom is -0.299 e. The van der Waals surface area contributed by atoms with Gasteiger partial charge in [0.15, 0.2) is 0 Å². The number of carbonyl (C=O) groups is 1. The first-order valence-corrected chi connectivity index (χ1v) is 18.3. The van der Waals surface area contributed by atoms with E-state index in [-0.39, 0.29) is 22.9 Å². The average molecular weight is 872 g/mol. The largest absolute Gasteiger partial charge is 0.299 e. The van der Waals surface area contributed by atoms with Crippen LogP contribution < -0.4 is 0 Å². The molecule has 196 valence electrons. The van der Waals surface area contributed by atoms with Crippen LogP contribution in [0.3, 0.4) is 0 Å². The minimum atomic E-state index is -4.13. The number of carbonyl (C=O) groups excluding carboxylic acids is 1. The molecule has 0 amide bonds. The first kappa shape index (κ1) is 28.3. The van der Waals surface area contributed by atoms with E-state index in [1.807, 2.05) is 72.8 Å².